The number of rotatable bonds is 4. The molecule has 2 aromatic rings. The van der Waals surface area contributed by atoms with Crippen LogP contribution in [-0.2, 0) is 11.2 Å². The Morgan fingerprint density at radius 2 is 1.92 bits per heavy atom. The lowest BCUT2D eigenvalue weighted by Gasteiger charge is -2.19. The van der Waals surface area contributed by atoms with E-state index in [4.69, 9.17) is 4.74 Å². The zero-order valence-corrected chi connectivity index (χ0v) is 14.0. The van der Waals surface area contributed by atoms with Gasteiger partial charge in [0.05, 0.1) is 19.3 Å². The van der Waals surface area contributed by atoms with Crippen molar-refractivity contribution in [1.82, 2.24) is 10.3 Å². The van der Waals surface area contributed by atoms with E-state index in [2.05, 4.69) is 10.3 Å². The molecular formula is C19H22N2O3. The number of nitrogens with one attached hydrogen (secondary N) is 1. The molecule has 0 saturated carbocycles. The molecule has 1 fully saturated rings. The number of hydrogen-bond acceptors (Lipinski definition) is 4. The molecule has 1 saturated heterocycles. The molecule has 1 aliphatic heterocycles. The number of phenols is 1. The predicted molar refractivity (Wildman–Crippen MR) is 91.1 cm³/mol. The molecule has 1 aromatic carbocycles. The number of carbonyl (C=O) groups excluding carboxylic acids is 1. The molecule has 2 atom stereocenters. The third-order valence-corrected chi connectivity index (χ3v) is 4.52. The van der Waals surface area contributed by atoms with E-state index in [0.717, 1.165) is 6.42 Å². The van der Waals surface area contributed by atoms with E-state index in [1.165, 1.54) is 5.56 Å². The molecule has 0 spiro atoms. The minimum Gasteiger partial charge on any atom is -0.507 e. The second-order valence-corrected chi connectivity index (χ2v) is 6.40. The van der Waals surface area contributed by atoms with Crippen LogP contribution in [0.5, 0.6) is 5.75 Å². The van der Waals surface area contributed by atoms with Gasteiger partial charge in [-0.05, 0) is 61.2 Å². The van der Waals surface area contributed by atoms with Gasteiger partial charge in [-0.25, -0.2) is 0 Å². The largest absolute Gasteiger partial charge is 0.507 e. The van der Waals surface area contributed by atoms with Crippen LogP contribution in [0.3, 0.4) is 0 Å². The molecule has 1 aromatic heterocycles. The van der Waals surface area contributed by atoms with Gasteiger partial charge >= 0.3 is 0 Å². The van der Waals surface area contributed by atoms with Crippen LogP contribution in [0.4, 0.5) is 0 Å². The van der Waals surface area contributed by atoms with Crippen LogP contribution in [0.1, 0.15) is 27.0 Å². The maximum absolute atomic E-state index is 12.6. The topological polar surface area (TPSA) is 71.5 Å². The van der Waals surface area contributed by atoms with Crippen molar-refractivity contribution in [1.29, 1.82) is 0 Å². The zero-order chi connectivity index (χ0) is 17.1. The molecule has 1 aliphatic rings. The maximum Gasteiger partial charge on any atom is 0.251 e. The number of nitrogens with zero attached hydrogens (tertiary/aromatic N) is 1. The normalized spacial score (nSPS) is 20.1. The summed E-state index contributed by atoms with van der Waals surface area (Å²) in [5.74, 6) is 0.360. The molecule has 3 rings (SSSR count). The first-order chi connectivity index (χ1) is 11.5. The van der Waals surface area contributed by atoms with E-state index in [1.807, 2.05) is 12.1 Å². The summed E-state index contributed by atoms with van der Waals surface area (Å²) in [6, 6.07) is 7.39. The SMILES string of the molecule is Cc1cc(C(=O)N[C@@H]2COC[C@H]2Cc2ccncc2)cc(C)c1O. The Kier molecular flexibility index (Phi) is 4.81. The van der Waals surface area contributed by atoms with Crippen LogP contribution in [0.15, 0.2) is 36.7 Å². The predicted octanol–water partition coefficient (Wildman–Crippen LogP) is 2.39. The van der Waals surface area contributed by atoms with Gasteiger partial charge in [-0.1, -0.05) is 0 Å². The van der Waals surface area contributed by atoms with Gasteiger partial charge in [-0.2, -0.15) is 0 Å². The zero-order valence-electron chi connectivity index (χ0n) is 14.0. The Labute approximate surface area is 141 Å². The number of pyridine rings is 1. The van der Waals surface area contributed by atoms with Crippen LogP contribution in [0.2, 0.25) is 0 Å². The second-order valence-electron chi connectivity index (χ2n) is 6.40. The molecule has 1 amide bonds. The van der Waals surface area contributed by atoms with E-state index >= 15 is 0 Å². The Morgan fingerprint density at radius 1 is 1.25 bits per heavy atom. The Balaban J connectivity index is 1.69. The van der Waals surface area contributed by atoms with Crippen molar-refractivity contribution in [2.24, 2.45) is 5.92 Å². The lowest BCUT2D eigenvalue weighted by Crippen LogP contribution is -2.40. The van der Waals surface area contributed by atoms with Gasteiger partial charge in [0, 0.05) is 23.9 Å². The molecule has 126 valence electrons. The van der Waals surface area contributed by atoms with E-state index in [0.29, 0.717) is 29.9 Å². The van der Waals surface area contributed by atoms with Gasteiger partial charge in [0.1, 0.15) is 5.75 Å². The minimum absolute atomic E-state index is 0.0138. The quantitative estimate of drug-likeness (QED) is 0.905. The third-order valence-electron chi connectivity index (χ3n) is 4.52. The summed E-state index contributed by atoms with van der Waals surface area (Å²) < 4.78 is 5.57. The summed E-state index contributed by atoms with van der Waals surface area (Å²) in [5, 5.41) is 12.9. The van der Waals surface area contributed by atoms with Gasteiger partial charge < -0.3 is 15.2 Å². The number of carbonyl (C=O) groups is 1. The lowest BCUT2D eigenvalue weighted by atomic mass is 9.95. The molecule has 24 heavy (non-hydrogen) atoms. The van der Waals surface area contributed by atoms with Gasteiger partial charge in [0.15, 0.2) is 0 Å². The number of hydrogen-bond donors (Lipinski definition) is 2. The minimum atomic E-state index is -0.128. The highest BCUT2D eigenvalue weighted by Gasteiger charge is 2.30. The molecule has 0 unspecified atom stereocenters. The highest BCUT2D eigenvalue weighted by molar-refractivity contribution is 5.95. The van der Waals surface area contributed by atoms with Gasteiger partial charge in [0.2, 0.25) is 0 Å². The fourth-order valence-electron chi connectivity index (χ4n) is 3.12. The van der Waals surface area contributed by atoms with Crippen LogP contribution in [-0.4, -0.2) is 35.3 Å². The summed E-state index contributed by atoms with van der Waals surface area (Å²) >= 11 is 0. The van der Waals surface area contributed by atoms with Crippen molar-refractivity contribution in [3.63, 3.8) is 0 Å². The first-order valence-electron chi connectivity index (χ1n) is 8.12. The molecule has 0 aliphatic carbocycles. The van der Waals surface area contributed by atoms with Crippen LogP contribution in [0.25, 0.3) is 0 Å². The fraction of sp³-hybridized carbons (Fsp3) is 0.368. The van der Waals surface area contributed by atoms with Gasteiger partial charge in [0.25, 0.3) is 5.91 Å². The van der Waals surface area contributed by atoms with Gasteiger partial charge in [-0.15, -0.1) is 0 Å². The summed E-state index contributed by atoms with van der Waals surface area (Å²) in [5.41, 5.74) is 3.17. The van der Waals surface area contributed by atoms with E-state index < -0.39 is 0 Å². The smallest absolute Gasteiger partial charge is 0.251 e. The summed E-state index contributed by atoms with van der Waals surface area (Å²) in [6.07, 6.45) is 4.41. The van der Waals surface area contributed by atoms with Gasteiger partial charge in [-0.3, -0.25) is 9.78 Å². The standard InChI is InChI=1S/C19H22N2O3/c1-12-7-15(8-13(2)18(12)22)19(23)21-17-11-24-10-16(17)9-14-3-5-20-6-4-14/h3-8,16-17,22H,9-11H2,1-2H3,(H,21,23)/t16-,17-/m1/s1. The molecule has 0 bridgehead atoms. The van der Waals surface area contributed by atoms with Crippen molar-refractivity contribution in [2.45, 2.75) is 26.3 Å². The van der Waals surface area contributed by atoms with Crippen molar-refractivity contribution in [2.75, 3.05) is 13.2 Å². The van der Waals surface area contributed by atoms with Crippen molar-refractivity contribution in [3.05, 3.63) is 58.9 Å². The molecule has 2 N–H and O–H groups in total. The summed E-state index contributed by atoms with van der Waals surface area (Å²) in [4.78, 5) is 16.6. The Bertz CT molecular complexity index is 708. The van der Waals surface area contributed by atoms with Crippen molar-refractivity contribution in [3.8, 4) is 5.75 Å². The second kappa shape index (κ2) is 7.01. The number of aryl methyl sites for hydroxylation is 2. The average molecular weight is 326 g/mol. The fourth-order valence-corrected chi connectivity index (χ4v) is 3.12. The molecular weight excluding hydrogens is 304 g/mol. The molecule has 5 nitrogen and oxygen atoms in total. The third kappa shape index (κ3) is 3.57. The van der Waals surface area contributed by atoms with E-state index in [1.54, 1.807) is 38.4 Å². The highest BCUT2D eigenvalue weighted by atomic mass is 16.5. The average Bonchev–Trinajstić information content (AvgIpc) is 3.00. The van der Waals surface area contributed by atoms with E-state index in [9.17, 15) is 9.90 Å². The van der Waals surface area contributed by atoms with Crippen LogP contribution >= 0.6 is 0 Å². The Morgan fingerprint density at radius 3 is 2.58 bits per heavy atom. The first-order valence-corrected chi connectivity index (χ1v) is 8.12. The molecule has 2 heterocycles. The van der Waals surface area contributed by atoms with Crippen molar-refractivity contribution >= 4 is 5.91 Å². The van der Waals surface area contributed by atoms with E-state index in [-0.39, 0.29) is 23.6 Å². The number of amides is 1. The Hall–Kier alpha value is -2.40. The molecule has 0 radical (unpaired) electrons. The van der Waals surface area contributed by atoms with Crippen molar-refractivity contribution < 1.29 is 14.6 Å². The van der Waals surface area contributed by atoms with Crippen LogP contribution in [0, 0.1) is 19.8 Å². The number of benzene rings is 1. The number of ether oxygens (including phenoxy) is 1. The number of aromatic hydroxyl groups is 1. The molecule has 5 heteroatoms. The highest BCUT2D eigenvalue weighted by Crippen LogP contribution is 2.24. The lowest BCUT2D eigenvalue weighted by molar-refractivity contribution is 0.0925. The number of aromatic nitrogens is 1. The first kappa shape index (κ1) is 16.5. The summed E-state index contributed by atoms with van der Waals surface area (Å²) in [6.45, 7) is 4.76. The maximum atomic E-state index is 12.6. The monoisotopic (exact) mass is 326 g/mol. The number of phenolic OH excluding ortho intramolecular Hbond substituents is 1. The van der Waals surface area contributed by atoms with Crippen LogP contribution < -0.4 is 5.32 Å². The summed E-state index contributed by atoms with van der Waals surface area (Å²) in [7, 11) is 0.